The van der Waals surface area contributed by atoms with Crippen molar-refractivity contribution in [3.8, 4) is 0 Å². The molecule has 0 N–H and O–H groups in total. The van der Waals surface area contributed by atoms with Crippen LogP contribution in [0.3, 0.4) is 0 Å². The van der Waals surface area contributed by atoms with E-state index in [1.54, 1.807) is 0 Å². The smallest absolute Gasteiger partial charge is 0.252 e. The highest BCUT2D eigenvalue weighted by Gasteiger charge is 2.48. The molecular weight excluding hydrogens is 938 g/mol. The number of aryl methyl sites for hydroxylation is 3. The number of benzene rings is 8. The van der Waals surface area contributed by atoms with Gasteiger partial charge >= 0.3 is 0 Å². The molecule has 0 saturated carbocycles. The van der Waals surface area contributed by atoms with Crippen molar-refractivity contribution in [1.29, 1.82) is 0 Å². The molecule has 3 nitrogen and oxygen atoms in total. The number of anilines is 9. The highest BCUT2D eigenvalue weighted by molar-refractivity contribution is 7.26. The van der Waals surface area contributed by atoms with Crippen LogP contribution in [0.4, 0.5) is 51.2 Å². The Morgan fingerprint density at radius 3 is 1.82 bits per heavy atom. The Bertz CT molecular complexity index is 4020. The van der Waals surface area contributed by atoms with Gasteiger partial charge in [-0.05, 0) is 213 Å². The Kier molecular flexibility index (Phi) is 10.0. The minimum Gasteiger partial charge on any atom is -0.311 e. The van der Waals surface area contributed by atoms with Crippen LogP contribution in [0.1, 0.15) is 150 Å². The molecule has 2 aliphatic carbocycles. The first-order valence-corrected chi connectivity index (χ1v) is 28.7. The van der Waals surface area contributed by atoms with Gasteiger partial charge in [-0.1, -0.05) is 143 Å². The number of para-hydroxylation sites is 1. The van der Waals surface area contributed by atoms with Crippen LogP contribution in [-0.4, -0.2) is 6.71 Å². The molecule has 0 unspecified atom stereocenters. The maximum absolute atomic E-state index is 9.40. The first-order chi connectivity index (χ1) is 37.2. The highest BCUT2D eigenvalue weighted by atomic mass is 32.1. The molecule has 4 aliphatic rings. The maximum Gasteiger partial charge on any atom is 0.252 e. The van der Waals surface area contributed by atoms with Gasteiger partial charge in [0.1, 0.15) is 0 Å². The summed E-state index contributed by atoms with van der Waals surface area (Å²) in [5, 5.41) is 2.45. The molecule has 5 heteroatoms. The summed E-state index contributed by atoms with van der Waals surface area (Å²) in [5.74, 6) is 0. The van der Waals surface area contributed by atoms with Gasteiger partial charge in [-0.15, -0.1) is 11.3 Å². The van der Waals surface area contributed by atoms with Crippen LogP contribution in [0, 0.1) is 20.7 Å². The molecular formula is C71H74BN3S. The van der Waals surface area contributed by atoms with Crippen molar-refractivity contribution in [2.45, 2.75) is 150 Å². The Hall–Kier alpha value is -6.56. The zero-order valence-corrected chi connectivity index (χ0v) is 47.8. The summed E-state index contributed by atoms with van der Waals surface area (Å²) >= 11 is 1.87. The fraction of sp³-hybridized carbons (Fsp3) is 0.324. The molecule has 3 heterocycles. The van der Waals surface area contributed by atoms with Crippen molar-refractivity contribution in [2.24, 2.45) is 0 Å². The number of hydrogen-bond donors (Lipinski definition) is 0. The van der Waals surface area contributed by atoms with Gasteiger partial charge in [-0.3, -0.25) is 0 Å². The Balaban J connectivity index is 1.19. The van der Waals surface area contributed by atoms with E-state index in [9.17, 15) is 4.11 Å². The topological polar surface area (TPSA) is 9.72 Å². The number of rotatable bonds is 5. The van der Waals surface area contributed by atoms with Gasteiger partial charge in [-0.2, -0.15) is 0 Å². The van der Waals surface area contributed by atoms with E-state index in [1.807, 2.05) is 23.5 Å². The second-order valence-corrected chi connectivity index (χ2v) is 27.7. The van der Waals surface area contributed by atoms with Crippen LogP contribution in [-0.2, 0) is 27.1 Å². The summed E-state index contributed by atoms with van der Waals surface area (Å²) in [4.78, 5) is 7.36. The van der Waals surface area contributed by atoms with Crippen LogP contribution >= 0.6 is 11.3 Å². The Labute approximate surface area is 461 Å². The molecule has 76 heavy (non-hydrogen) atoms. The van der Waals surface area contributed by atoms with Crippen LogP contribution in [0.25, 0.3) is 20.2 Å². The lowest BCUT2D eigenvalue weighted by atomic mass is 9.33. The van der Waals surface area contributed by atoms with Gasteiger partial charge in [0.25, 0.3) is 6.71 Å². The SMILES string of the molecule is [2H]C([2H])([2H])c1cc2c3c(c1)N(c1ccc4c(c1)C(C)(C)CCC4(C)C)c1cc4c(cc1B3c1ccc(N(c3cccc(C)c3)c3ccccc3C)cc1N2c1cc(C(C)(C)C)c2sc3ccccc3c2c1)C(C)(C)CCC4(C)C. The van der Waals surface area contributed by atoms with E-state index in [-0.39, 0.29) is 33.8 Å². The van der Waals surface area contributed by atoms with Crippen molar-refractivity contribution in [3.63, 3.8) is 0 Å². The van der Waals surface area contributed by atoms with Crippen LogP contribution in [0.15, 0.2) is 146 Å². The molecule has 9 aromatic rings. The molecule has 0 saturated heterocycles. The molecule has 0 spiro atoms. The van der Waals surface area contributed by atoms with E-state index < -0.39 is 6.85 Å². The van der Waals surface area contributed by atoms with Crippen molar-refractivity contribution in [1.82, 2.24) is 0 Å². The second kappa shape index (κ2) is 16.7. The average Bonchev–Trinajstić information content (AvgIpc) is 2.59. The van der Waals surface area contributed by atoms with E-state index in [2.05, 4.69) is 238 Å². The summed E-state index contributed by atoms with van der Waals surface area (Å²) in [5.41, 5.74) is 22.1. The van der Waals surface area contributed by atoms with Gasteiger partial charge in [0.05, 0.1) is 0 Å². The van der Waals surface area contributed by atoms with Crippen molar-refractivity contribution in [3.05, 3.63) is 190 Å². The molecule has 0 radical (unpaired) electrons. The van der Waals surface area contributed by atoms with Crippen LogP contribution < -0.4 is 31.1 Å². The van der Waals surface area contributed by atoms with E-state index in [4.69, 9.17) is 0 Å². The monoisotopic (exact) mass is 1010 g/mol. The van der Waals surface area contributed by atoms with Crippen molar-refractivity contribution >= 4 is 106 Å². The third-order valence-electron chi connectivity index (χ3n) is 18.5. The van der Waals surface area contributed by atoms with E-state index in [0.29, 0.717) is 5.56 Å². The molecule has 0 atom stereocenters. The van der Waals surface area contributed by atoms with Gasteiger partial charge in [0.15, 0.2) is 0 Å². The summed E-state index contributed by atoms with van der Waals surface area (Å²) in [6.07, 6.45) is 4.40. The minimum atomic E-state index is -2.42. The molecule has 0 amide bonds. The fourth-order valence-electron chi connectivity index (χ4n) is 14.0. The Morgan fingerprint density at radius 1 is 0.513 bits per heavy atom. The summed E-state index contributed by atoms with van der Waals surface area (Å²) < 4.78 is 30.8. The molecule has 0 fully saturated rings. The maximum atomic E-state index is 9.40. The van der Waals surface area contributed by atoms with Crippen LogP contribution in [0.5, 0.6) is 0 Å². The van der Waals surface area contributed by atoms with E-state index >= 15 is 0 Å². The molecule has 0 bridgehead atoms. The summed E-state index contributed by atoms with van der Waals surface area (Å²) in [6, 6.07) is 54.7. The number of fused-ring (bicyclic) bond motifs is 9. The quantitative estimate of drug-likeness (QED) is 0.159. The van der Waals surface area contributed by atoms with E-state index in [0.717, 1.165) is 82.3 Å². The van der Waals surface area contributed by atoms with Gasteiger partial charge in [0, 0.05) is 75.5 Å². The van der Waals surface area contributed by atoms with Gasteiger partial charge in [0.2, 0.25) is 0 Å². The van der Waals surface area contributed by atoms with Crippen molar-refractivity contribution < 1.29 is 4.11 Å². The number of thiophene rings is 1. The Morgan fingerprint density at radius 2 is 1.13 bits per heavy atom. The van der Waals surface area contributed by atoms with Gasteiger partial charge in [-0.25, -0.2) is 0 Å². The zero-order chi connectivity index (χ0) is 55.7. The summed E-state index contributed by atoms with van der Waals surface area (Å²) in [6.45, 7) is 28.0. The van der Waals surface area contributed by atoms with E-state index in [1.165, 1.54) is 70.0 Å². The molecule has 382 valence electrons. The molecule has 8 aromatic carbocycles. The minimum absolute atomic E-state index is 0.0291. The third-order valence-corrected chi connectivity index (χ3v) is 19.7. The highest BCUT2D eigenvalue weighted by Crippen LogP contribution is 2.54. The van der Waals surface area contributed by atoms with Crippen LogP contribution in [0.2, 0.25) is 0 Å². The number of nitrogens with zero attached hydrogens (tertiary/aromatic N) is 3. The normalized spacial score (nSPS) is 18.2. The average molecular weight is 1020 g/mol. The summed E-state index contributed by atoms with van der Waals surface area (Å²) in [7, 11) is 0. The second-order valence-electron chi connectivity index (χ2n) is 26.7. The molecule has 2 aliphatic heterocycles. The molecule has 1 aromatic heterocycles. The predicted octanol–water partition coefficient (Wildman–Crippen LogP) is 18.5. The fourth-order valence-corrected chi connectivity index (χ4v) is 15.4. The zero-order valence-electron chi connectivity index (χ0n) is 50.0. The lowest BCUT2D eigenvalue weighted by Gasteiger charge is -2.48. The largest absolute Gasteiger partial charge is 0.311 e. The lowest BCUT2D eigenvalue weighted by molar-refractivity contribution is 0.332. The lowest BCUT2D eigenvalue weighted by Crippen LogP contribution is -2.62. The van der Waals surface area contributed by atoms with Gasteiger partial charge < -0.3 is 14.7 Å². The third kappa shape index (κ3) is 7.49. The van der Waals surface area contributed by atoms with Crippen molar-refractivity contribution in [2.75, 3.05) is 14.7 Å². The number of hydrogen-bond acceptors (Lipinski definition) is 4. The standard InChI is InChI=1S/C71H74BN3S/c1-43-20-19-22-46(34-43)73(59-24-17-15-21-45(59)3)48-27-29-57-60(40-48)75(49-37-51-50-23-16-18-25-64(50)76-66(51)56(39-49)67(4,5)6)63-36-44(2)35-62-65(63)72(57)58-41-54-55(71(13,14)33-32-70(54,11)12)42-61(58)74(62)47-26-28-52-53(38-47)69(9,10)31-30-68(52,7)8/h15-29,34-42H,30-33H2,1-14H3/i2D3. The first-order valence-electron chi connectivity index (χ1n) is 29.4. The predicted molar refractivity (Wildman–Crippen MR) is 332 cm³/mol. The molecule has 13 rings (SSSR count). The first kappa shape index (κ1) is 45.6.